The maximum atomic E-state index is 9.08. The van der Waals surface area contributed by atoms with Gasteiger partial charge in [0.15, 0.2) is 5.84 Å². The monoisotopic (exact) mass is 307 g/mol. The lowest BCUT2D eigenvalue weighted by atomic mass is 9.92. The molecule has 0 bridgehead atoms. The third-order valence-corrected chi connectivity index (χ3v) is 5.02. The fraction of sp³-hybridized carbons (Fsp3) is 0.562. The Morgan fingerprint density at radius 3 is 2.71 bits per heavy atom. The number of hydrogen-bond donors (Lipinski definition) is 2. The third-order valence-electron chi connectivity index (χ3n) is 4.24. The summed E-state index contributed by atoms with van der Waals surface area (Å²) >= 11 is 1.63. The van der Waals surface area contributed by atoms with Gasteiger partial charge < -0.3 is 15.8 Å². The van der Waals surface area contributed by atoms with Crippen LogP contribution in [0.4, 0.5) is 5.69 Å². The van der Waals surface area contributed by atoms with E-state index in [2.05, 4.69) is 23.0 Å². The molecule has 0 radical (unpaired) electrons. The van der Waals surface area contributed by atoms with Gasteiger partial charge in [0.25, 0.3) is 0 Å². The molecule has 1 saturated heterocycles. The van der Waals surface area contributed by atoms with Crippen LogP contribution in [-0.2, 0) is 0 Å². The summed E-state index contributed by atoms with van der Waals surface area (Å²) in [5.41, 5.74) is 7.87. The van der Waals surface area contributed by atoms with Crippen LogP contribution in [0.2, 0.25) is 0 Å². The van der Waals surface area contributed by atoms with Gasteiger partial charge in [0.1, 0.15) is 0 Å². The topological polar surface area (TPSA) is 61.8 Å². The van der Waals surface area contributed by atoms with Crippen molar-refractivity contribution in [2.75, 3.05) is 24.2 Å². The van der Waals surface area contributed by atoms with E-state index in [1.807, 2.05) is 18.4 Å². The Morgan fingerprint density at radius 2 is 2.14 bits per heavy atom. The SMILES string of the molecule is CCCC1CCN(c2cccc(SC)c2/C(N)=N/O)CC1. The van der Waals surface area contributed by atoms with E-state index in [0.717, 1.165) is 35.2 Å². The largest absolute Gasteiger partial charge is 0.409 e. The van der Waals surface area contributed by atoms with E-state index < -0.39 is 0 Å². The Kier molecular flexibility index (Phi) is 5.79. The Balaban J connectivity index is 2.24. The summed E-state index contributed by atoms with van der Waals surface area (Å²) in [6.45, 7) is 4.35. The van der Waals surface area contributed by atoms with Gasteiger partial charge in [0, 0.05) is 23.7 Å². The number of benzene rings is 1. The minimum Gasteiger partial charge on any atom is -0.409 e. The number of oxime groups is 1. The summed E-state index contributed by atoms with van der Waals surface area (Å²) in [6, 6.07) is 6.14. The molecule has 2 rings (SSSR count). The van der Waals surface area contributed by atoms with E-state index in [1.165, 1.54) is 25.7 Å². The normalized spacial score (nSPS) is 17.2. The summed E-state index contributed by atoms with van der Waals surface area (Å²) < 4.78 is 0. The molecule has 0 atom stereocenters. The first-order valence-corrected chi connectivity index (χ1v) is 8.83. The first kappa shape index (κ1) is 16.0. The average Bonchev–Trinajstić information content (AvgIpc) is 2.54. The molecule has 1 aromatic carbocycles. The van der Waals surface area contributed by atoms with Crippen molar-refractivity contribution in [3.63, 3.8) is 0 Å². The zero-order valence-electron chi connectivity index (χ0n) is 12.9. The lowest BCUT2D eigenvalue weighted by Crippen LogP contribution is -2.35. The number of amidine groups is 1. The molecule has 0 unspecified atom stereocenters. The highest BCUT2D eigenvalue weighted by Crippen LogP contribution is 2.32. The molecule has 0 spiro atoms. The van der Waals surface area contributed by atoms with Crippen molar-refractivity contribution in [2.45, 2.75) is 37.5 Å². The molecule has 1 aliphatic heterocycles. The van der Waals surface area contributed by atoms with E-state index in [4.69, 9.17) is 10.9 Å². The highest BCUT2D eigenvalue weighted by atomic mass is 32.2. The third kappa shape index (κ3) is 3.64. The average molecular weight is 307 g/mol. The maximum Gasteiger partial charge on any atom is 0.173 e. The summed E-state index contributed by atoms with van der Waals surface area (Å²) in [4.78, 5) is 3.43. The van der Waals surface area contributed by atoms with Crippen LogP contribution < -0.4 is 10.6 Å². The van der Waals surface area contributed by atoms with Gasteiger partial charge in [-0.3, -0.25) is 0 Å². The van der Waals surface area contributed by atoms with Gasteiger partial charge in [0.05, 0.1) is 5.56 Å². The molecule has 0 aliphatic carbocycles. The zero-order chi connectivity index (χ0) is 15.2. The van der Waals surface area contributed by atoms with Gasteiger partial charge in [-0.2, -0.15) is 0 Å². The molecule has 0 amide bonds. The second kappa shape index (κ2) is 7.59. The van der Waals surface area contributed by atoms with Crippen LogP contribution in [0.25, 0.3) is 0 Å². The lowest BCUT2D eigenvalue weighted by molar-refractivity contribution is 0.318. The molecular formula is C16H25N3OS. The van der Waals surface area contributed by atoms with Gasteiger partial charge >= 0.3 is 0 Å². The molecule has 116 valence electrons. The highest BCUT2D eigenvalue weighted by Gasteiger charge is 2.22. The van der Waals surface area contributed by atoms with Crippen LogP contribution in [0.3, 0.4) is 0 Å². The Bertz CT molecular complexity index is 496. The van der Waals surface area contributed by atoms with Crippen molar-refractivity contribution in [1.82, 2.24) is 0 Å². The molecule has 5 heteroatoms. The molecule has 3 N–H and O–H groups in total. The van der Waals surface area contributed by atoms with Gasteiger partial charge in [-0.15, -0.1) is 11.8 Å². The molecule has 1 heterocycles. The number of anilines is 1. The number of rotatable bonds is 5. The smallest absolute Gasteiger partial charge is 0.173 e. The van der Waals surface area contributed by atoms with E-state index in [9.17, 15) is 0 Å². The Morgan fingerprint density at radius 1 is 1.43 bits per heavy atom. The standard InChI is InChI=1S/C16H25N3OS/c1-3-5-12-8-10-19(11-9-12)13-6-4-7-14(21-2)15(13)16(17)18-20/h4,6-7,12,20H,3,5,8-11H2,1-2H3,(H2,17,18). The maximum absolute atomic E-state index is 9.08. The van der Waals surface area contributed by atoms with Crippen LogP contribution in [0.15, 0.2) is 28.3 Å². The van der Waals surface area contributed by atoms with Crippen LogP contribution in [0.1, 0.15) is 38.2 Å². The van der Waals surface area contributed by atoms with Crippen molar-refractivity contribution in [1.29, 1.82) is 0 Å². The minimum absolute atomic E-state index is 0.200. The quantitative estimate of drug-likeness (QED) is 0.287. The molecular weight excluding hydrogens is 282 g/mol. The zero-order valence-corrected chi connectivity index (χ0v) is 13.7. The summed E-state index contributed by atoms with van der Waals surface area (Å²) in [5, 5.41) is 12.3. The fourth-order valence-electron chi connectivity index (χ4n) is 3.13. The van der Waals surface area contributed by atoms with Gasteiger partial charge in [-0.1, -0.05) is 31.0 Å². The number of nitrogens with zero attached hydrogens (tertiary/aromatic N) is 2. The second-order valence-electron chi connectivity index (χ2n) is 5.56. The van der Waals surface area contributed by atoms with Gasteiger partial charge in [0.2, 0.25) is 0 Å². The fourth-order valence-corrected chi connectivity index (χ4v) is 3.76. The first-order valence-electron chi connectivity index (χ1n) is 7.61. The number of thioether (sulfide) groups is 1. The van der Waals surface area contributed by atoms with E-state index >= 15 is 0 Å². The second-order valence-corrected chi connectivity index (χ2v) is 6.41. The minimum atomic E-state index is 0.200. The van der Waals surface area contributed by atoms with Crippen molar-refractivity contribution in [3.05, 3.63) is 23.8 Å². The predicted molar refractivity (Wildman–Crippen MR) is 90.6 cm³/mol. The summed E-state index contributed by atoms with van der Waals surface area (Å²) in [7, 11) is 0. The molecule has 1 aliphatic rings. The van der Waals surface area contributed by atoms with Crippen LogP contribution in [-0.4, -0.2) is 30.4 Å². The van der Waals surface area contributed by atoms with Crippen LogP contribution in [0, 0.1) is 5.92 Å². The number of hydrogen-bond acceptors (Lipinski definition) is 4. The van der Waals surface area contributed by atoms with Crippen molar-refractivity contribution < 1.29 is 5.21 Å². The van der Waals surface area contributed by atoms with Gasteiger partial charge in [-0.05, 0) is 37.1 Å². The summed E-state index contributed by atoms with van der Waals surface area (Å²) in [6.07, 6.45) is 7.06. The molecule has 1 aromatic rings. The Labute approximate surface area is 131 Å². The highest BCUT2D eigenvalue weighted by molar-refractivity contribution is 7.98. The van der Waals surface area contributed by atoms with Crippen LogP contribution in [0.5, 0.6) is 0 Å². The molecule has 0 aromatic heterocycles. The molecule has 4 nitrogen and oxygen atoms in total. The molecule has 1 fully saturated rings. The summed E-state index contributed by atoms with van der Waals surface area (Å²) in [5.74, 6) is 1.05. The van der Waals surface area contributed by atoms with E-state index in [0.29, 0.717) is 0 Å². The van der Waals surface area contributed by atoms with Crippen molar-refractivity contribution in [2.24, 2.45) is 16.8 Å². The Hall–Kier alpha value is -1.36. The molecule has 21 heavy (non-hydrogen) atoms. The van der Waals surface area contributed by atoms with Gasteiger partial charge in [-0.25, -0.2) is 0 Å². The van der Waals surface area contributed by atoms with E-state index in [-0.39, 0.29) is 5.84 Å². The number of piperidine rings is 1. The van der Waals surface area contributed by atoms with Crippen molar-refractivity contribution in [3.8, 4) is 0 Å². The van der Waals surface area contributed by atoms with Crippen LogP contribution >= 0.6 is 11.8 Å². The van der Waals surface area contributed by atoms with Crippen molar-refractivity contribution >= 4 is 23.3 Å². The lowest BCUT2D eigenvalue weighted by Gasteiger charge is -2.35. The molecule has 0 saturated carbocycles. The van der Waals surface area contributed by atoms with E-state index in [1.54, 1.807) is 11.8 Å². The first-order chi connectivity index (χ1) is 10.2. The predicted octanol–water partition coefficient (Wildman–Crippen LogP) is 3.52. The number of nitrogens with two attached hydrogens (primary N) is 1.